The molecule has 0 spiro atoms. The highest BCUT2D eigenvalue weighted by Gasteiger charge is 2.36. The Morgan fingerprint density at radius 2 is 2.05 bits per heavy atom. The number of nitrogens with zero attached hydrogens (tertiary/aromatic N) is 4. The molecular formula is C11H8F3N5. The van der Waals surface area contributed by atoms with Crippen molar-refractivity contribution < 1.29 is 13.2 Å². The maximum absolute atomic E-state index is 12.8. The molecule has 98 valence electrons. The lowest BCUT2D eigenvalue weighted by atomic mass is 10.3. The predicted octanol–water partition coefficient (Wildman–Crippen LogP) is 2.47. The minimum Gasteiger partial charge on any atom is -0.343 e. The minimum atomic E-state index is -4.60. The predicted molar refractivity (Wildman–Crippen MR) is 60.7 cm³/mol. The number of aromatic amines is 1. The van der Waals surface area contributed by atoms with Crippen LogP contribution < -0.4 is 0 Å². The van der Waals surface area contributed by atoms with E-state index in [1.807, 2.05) is 0 Å². The highest BCUT2D eigenvalue weighted by molar-refractivity contribution is 5.83. The number of nitrogens with one attached hydrogen (secondary N) is 1. The maximum Gasteiger partial charge on any atom is 0.451 e. The van der Waals surface area contributed by atoms with Gasteiger partial charge in [0.05, 0.1) is 5.39 Å². The number of hydrogen-bond acceptors (Lipinski definition) is 3. The van der Waals surface area contributed by atoms with E-state index in [-0.39, 0.29) is 11.5 Å². The van der Waals surface area contributed by atoms with Crippen molar-refractivity contribution in [3.05, 3.63) is 36.0 Å². The fourth-order valence-electron chi connectivity index (χ4n) is 1.82. The van der Waals surface area contributed by atoms with Gasteiger partial charge < -0.3 is 4.98 Å². The second-order valence-electron chi connectivity index (χ2n) is 4.03. The standard InChI is InChI=1S/C11H8F3N5/c1-6-5-7-8(16-6)17-10(11(12,13)14)18-9(7)19-4-2-3-15-19/h2-5H,1H3,(H,16,17,18). The zero-order valence-electron chi connectivity index (χ0n) is 9.73. The number of aromatic nitrogens is 5. The van der Waals surface area contributed by atoms with E-state index in [0.717, 1.165) is 0 Å². The smallest absolute Gasteiger partial charge is 0.343 e. The van der Waals surface area contributed by atoms with Crippen LogP contribution in [0.2, 0.25) is 0 Å². The molecule has 0 saturated heterocycles. The van der Waals surface area contributed by atoms with Crippen molar-refractivity contribution in [1.29, 1.82) is 0 Å². The zero-order chi connectivity index (χ0) is 13.6. The number of rotatable bonds is 1. The van der Waals surface area contributed by atoms with Gasteiger partial charge in [-0.15, -0.1) is 0 Å². The summed E-state index contributed by atoms with van der Waals surface area (Å²) in [6, 6.07) is 3.30. The summed E-state index contributed by atoms with van der Waals surface area (Å²) in [6.45, 7) is 1.74. The Balaban J connectivity index is 2.34. The van der Waals surface area contributed by atoms with Gasteiger partial charge in [-0.25, -0.2) is 14.6 Å². The topological polar surface area (TPSA) is 59.4 Å². The Labute approximate surface area is 105 Å². The summed E-state index contributed by atoms with van der Waals surface area (Å²) in [5, 5.41) is 4.41. The van der Waals surface area contributed by atoms with Crippen LogP contribution in [0.4, 0.5) is 13.2 Å². The molecule has 0 fully saturated rings. The van der Waals surface area contributed by atoms with E-state index in [2.05, 4.69) is 20.1 Å². The Hall–Kier alpha value is -2.38. The Bertz CT molecular complexity index is 727. The molecule has 1 N–H and O–H groups in total. The Morgan fingerprint density at radius 3 is 2.68 bits per heavy atom. The Kier molecular flexibility index (Phi) is 2.34. The van der Waals surface area contributed by atoms with Gasteiger partial charge in [-0.2, -0.15) is 18.3 Å². The van der Waals surface area contributed by atoms with E-state index >= 15 is 0 Å². The van der Waals surface area contributed by atoms with Gasteiger partial charge >= 0.3 is 6.18 Å². The first-order valence-electron chi connectivity index (χ1n) is 5.40. The van der Waals surface area contributed by atoms with Crippen LogP contribution in [0.1, 0.15) is 11.5 Å². The molecule has 5 nitrogen and oxygen atoms in total. The number of alkyl halides is 3. The zero-order valence-corrected chi connectivity index (χ0v) is 9.73. The van der Waals surface area contributed by atoms with Crippen molar-refractivity contribution in [3.8, 4) is 5.82 Å². The minimum absolute atomic E-state index is 0.103. The van der Waals surface area contributed by atoms with Crippen molar-refractivity contribution >= 4 is 11.0 Å². The number of H-pyrrole nitrogens is 1. The first-order chi connectivity index (χ1) is 8.95. The van der Waals surface area contributed by atoms with Crippen LogP contribution in [0.3, 0.4) is 0 Å². The normalized spacial score (nSPS) is 12.2. The third-order valence-electron chi connectivity index (χ3n) is 2.58. The number of aryl methyl sites for hydroxylation is 1. The lowest BCUT2D eigenvalue weighted by Gasteiger charge is -2.08. The highest BCUT2D eigenvalue weighted by Crippen LogP contribution is 2.29. The first kappa shape index (κ1) is 11.7. The highest BCUT2D eigenvalue weighted by atomic mass is 19.4. The SMILES string of the molecule is Cc1cc2c(-n3cccn3)nc(C(F)(F)F)nc2[nH]1. The summed E-state index contributed by atoms with van der Waals surface area (Å²) < 4.78 is 39.6. The summed E-state index contributed by atoms with van der Waals surface area (Å²) in [5.41, 5.74) is 0.849. The number of hydrogen-bond donors (Lipinski definition) is 1. The van der Waals surface area contributed by atoms with Gasteiger partial charge in [0.1, 0.15) is 5.65 Å². The first-order valence-corrected chi connectivity index (χ1v) is 5.40. The lowest BCUT2D eigenvalue weighted by Crippen LogP contribution is -2.13. The lowest BCUT2D eigenvalue weighted by molar-refractivity contribution is -0.144. The fourth-order valence-corrected chi connectivity index (χ4v) is 1.82. The second-order valence-corrected chi connectivity index (χ2v) is 4.03. The van der Waals surface area contributed by atoms with E-state index in [1.165, 1.54) is 17.1 Å². The van der Waals surface area contributed by atoms with Gasteiger partial charge in [0.15, 0.2) is 5.82 Å². The van der Waals surface area contributed by atoms with Crippen molar-refractivity contribution in [1.82, 2.24) is 24.7 Å². The molecule has 3 heterocycles. The van der Waals surface area contributed by atoms with Crippen molar-refractivity contribution in [2.24, 2.45) is 0 Å². The average Bonchev–Trinajstić information content (AvgIpc) is 2.92. The van der Waals surface area contributed by atoms with Gasteiger partial charge in [-0.1, -0.05) is 0 Å². The summed E-state index contributed by atoms with van der Waals surface area (Å²) in [6.07, 6.45) is -1.60. The molecular weight excluding hydrogens is 259 g/mol. The van der Waals surface area contributed by atoms with Crippen LogP contribution in [0.5, 0.6) is 0 Å². The van der Waals surface area contributed by atoms with Crippen molar-refractivity contribution in [3.63, 3.8) is 0 Å². The molecule has 0 aliphatic rings. The monoisotopic (exact) mass is 267 g/mol. The third-order valence-corrected chi connectivity index (χ3v) is 2.58. The molecule has 3 aromatic rings. The fraction of sp³-hybridized carbons (Fsp3) is 0.182. The average molecular weight is 267 g/mol. The van der Waals surface area contributed by atoms with Crippen LogP contribution in [-0.4, -0.2) is 24.7 Å². The van der Waals surface area contributed by atoms with Gasteiger partial charge in [-0.3, -0.25) is 0 Å². The quantitative estimate of drug-likeness (QED) is 0.736. The molecule has 0 bridgehead atoms. The van der Waals surface area contributed by atoms with Gasteiger partial charge in [0.2, 0.25) is 5.82 Å². The molecule has 3 aromatic heterocycles. The largest absolute Gasteiger partial charge is 0.451 e. The van der Waals surface area contributed by atoms with Crippen LogP contribution >= 0.6 is 0 Å². The third kappa shape index (κ3) is 1.94. The van der Waals surface area contributed by atoms with Crippen LogP contribution in [0.15, 0.2) is 24.5 Å². The van der Waals surface area contributed by atoms with Gasteiger partial charge in [0.25, 0.3) is 0 Å². The van der Waals surface area contributed by atoms with Crippen molar-refractivity contribution in [2.45, 2.75) is 13.1 Å². The molecule has 0 saturated carbocycles. The second kappa shape index (κ2) is 3.81. The van der Waals surface area contributed by atoms with Crippen LogP contribution in [0, 0.1) is 6.92 Å². The molecule has 0 amide bonds. The number of fused-ring (bicyclic) bond motifs is 1. The molecule has 0 atom stereocenters. The molecule has 19 heavy (non-hydrogen) atoms. The summed E-state index contributed by atoms with van der Waals surface area (Å²) in [4.78, 5) is 9.86. The van der Waals surface area contributed by atoms with E-state index in [9.17, 15) is 13.2 Å². The van der Waals surface area contributed by atoms with E-state index < -0.39 is 12.0 Å². The number of halogens is 3. The summed E-state index contributed by atoms with van der Waals surface area (Å²) in [5.74, 6) is -1.08. The van der Waals surface area contributed by atoms with Gasteiger partial charge in [-0.05, 0) is 19.1 Å². The molecule has 0 aromatic carbocycles. The summed E-state index contributed by atoms with van der Waals surface area (Å²) >= 11 is 0. The molecule has 0 unspecified atom stereocenters. The van der Waals surface area contributed by atoms with Crippen LogP contribution in [0.25, 0.3) is 16.9 Å². The van der Waals surface area contributed by atoms with Crippen molar-refractivity contribution in [2.75, 3.05) is 0 Å². The summed E-state index contributed by atoms with van der Waals surface area (Å²) in [7, 11) is 0. The maximum atomic E-state index is 12.8. The Morgan fingerprint density at radius 1 is 1.26 bits per heavy atom. The van der Waals surface area contributed by atoms with E-state index in [0.29, 0.717) is 11.1 Å². The molecule has 0 aliphatic carbocycles. The van der Waals surface area contributed by atoms with Crippen LogP contribution in [-0.2, 0) is 6.18 Å². The van der Waals surface area contributed by atoms with Gasteiger partial charge in [0, 0.05) is 18.1 Å². The van der Waals surface area contributed by atoms with E-state index in [4.69, 9.17) is 0 Å². The molecule has 0 aliphatic heterocycles. The molecule has 0 radical (unpaired) electrons. The molecule has 3 rings (SSSR count). The van der Waals surface area contributed by atoms with E-state index in [1.54, 1.807) is 19.1 Å². The molecule has 8 heteroatoms.